The highest BCUT2D eigenvalue weighted by Gasteiger charge is 2.24. The Balaban J connectivity index is 2.19. The van der Waals surface area contributed by atoms with Crippen molar-refractivity contribution in [3.8, 4) is 22.5 Å². The van der Waals surface area contributed by atoms with E-state index >= 15 is 0 Å². The van der Waals surface area contributed by atoms with Crippen LogP contribution in [0.4, 0.5) is 5.69 Å². The maximum Gasteiger partial charge on any atom is 0.340 e. The van der Waals surface area contributed by atoms with E-state index in [2.05, 4.69) is 4.98 Å². The topological polar surface area (TPSA) is 85.2 Å². The van der Waals surface area contributed by atoms with Crippen molar-refractivity contribution in [2.24, 2.45) is 0 Å². The molecule has 0 aliphatic rings. The van der Waals surface area contributed by atoms with Crippen LogP contribution in [-0.2, 0) is 4.74 Å². The zero-order valence-electron chi connectivity index (χ0n) is 13.9. The van der Waals surface area contributed by atoms with Crippen molar-refractivity contribution < 1.29 is 14.5 Å². The molecule has 1 N–H and O–H groups in total. The fraction of sp³-hybridized carbons (Fsp3) is 0.105. The minimum Gasteiger partial charge on any atom is -0.462 e. The third-order valence-corrected chi connectivity index (χ3v) is 4.09. The Morgan fingerprint density at radius 3 is 2.54 bits per heavy atom. The smallest absolute Gasteiger partial charge is 0.340 e. The summed E-state index contributed by atoms with van der Waals surface area (Å²) in [7, 11) is 0. The highest BCUT2D eigenvalue weighted by molar-refractivity contribution is 6.30. The van der Waals surface area contributed by atoms with Crippen LogP contribution >= 0.6 is 11.6 Å². The van der Waals surface area contributed by atoms with E-state index < -0.39 is 10.9 Å². The van der Waals surface area contributed by atoms with Gasteiger partial charge in [0.1, 0.15) is 0 Å². The van der Waals surface area contributed by atoms with Gasteiger partial charge in [-0.25, -0.2) is 4.79 Å². The van der Waals surface area contributed by atoms with Crippen LogP contribution < -0.4 is 0 Å². The number of esters is 1. The number of nitro groups is 1. The first kappa shape index (κ1) is 17.7. The summed E-state index contributed by atoms with van der Waals surface area (Å²) in [5.41, 5.74) is 2.25. The molecule has 0 saturated heterocycles. The summed E-state index contributed by atoms with van der Waals surface area (Å²) in [6.07, 6.45) is 0. The lowest BCUT2D eigenvalue weighted by Gasteiger charge is -2.05. The van der Waals surface area contributed by atoms with E-state index in [0.29, 0.717) is 22.0 Å². The quantitative estimate of drug-likeness (QED) is 0.385. The molecule has 3 rings (SSSR count). The SMILES string of the molecule is CCOC(=O)c1cc(-c2ccc(Cl)cc2)[nH]c1-c1ccccc1[N+](=O)[O-]. The monoisotopic (exact) mass is 370 g/mol. The van der Waals surface area contributed by atoms with Gasteiger partial charge in [0.15, 0.2) is 0 Å². The Morgan fingerprint density at radius 2 is 1.88 bits per heavy atom. The lowest BCUT2D eigenvalue weighted by molar-refractivity contribution is -0.384. The van der Waals surface area contributed by atoms with Crippen molar-refractivity contribution in [3.05, 3.63) is 75.3 Å². The maximum atomic E-state index is 12.4. The van der Waals surface area contributed by atoms with E-state index in [9.17, 15) is 14.9 Å². The summed E-state index contributed by atoms with van der Waals surface area (Å²) >= 11 is 5.92. The molecule has 3 aromatic rings. The molecule has 1 heterocycles. The number of aromatic amines is 1. The predicted octanol–water partition coefficient (Wildman–Crippen LogP) is 5.09. The molecule has 0 fully saturated rings. The van der Waals surface area contributed by atoms with Gasteiger partial charge in [0.05, 0.1) is 28.4 Å². The van der Waals surface area contributed by atoms with Gasteiger partial charge in [-0.05, 0) is 36.8 Å². The van der Waals surface area contributed by atoms with Crippen LogP contribution in [0.3, 0.4) is 0 Å². The second kappa shape index (κ2) is 7.41. The molecule has 0 unspecified atom stereocenters. The van der Waals surface area contributed by atoms with E-state index in [1.54, 1.807) is 55.5 Å². The van der Waals surface area contributed by atoms with Gasteiger partial charge in [-0.3, -0.25) is 10.1 Å². The van der Waals surface area contributed by atoms with Gasteiger partial charge in [-0.1, -0.05) is 35.9 Å². The number of H-pyrrole nitrogens is 1. The number of hydrogen-bond donors (Lipinski definition) is 1. The molecular formula is C19H15ClN2O4. The highest BCUT2D eigenvalue weighted by Crippen LogP contribution is 2.35. The molecule has 1 aromatic heterocycles. The van der Waals surface area contributed by atoms with Gasteiger partial charge < -0.3 is 9.72 Å². The van der Waals surface area contributed by atoms with Gasteiger partial charge in [0, 0.05) is 16.8 Å². The molecule has 0 aliphatic heterocycles. The largest absolute Gasteiger partial charge is 0.462 e. The number of benzene rings is 2. The van der Waals surface area contributed by atoms with Crippen LogP contribution in [0.25, 0.3) is 22.5 Å². The van der Waals surface area contributed by atoms with Crippen LogP contribution in [0, 0.1) is 10.1 Å². The van der Waals surface area contributed by atoms with Gasteiger partial charge in [0.25, 0.3) is 5.69 Å². The summed E-state index contributed by atoms with van der Waals surface area (Å²) in [5.74, 6) is -0.544. The standard InChI is InChI=1S/C19H15ClN2O4/c1-2-26-19(23)15-11-16(12-7-9-13(20)10-8-12)21-18(15)14-5-3-4-6-17(14)22(24)25/h3-11,21H,2H2,1H3. The van der Waals surface area contributed by atoms with Crippen molar-refractivity contribution in [1.82, 2.24) is 4.98 Å². The first-order valence-electron chi connectivity index (χ1n) is 7.91. The highest BCUT2D eigenvalue weighted by atomic mass is 35.5. The molecule has 6 nitrogen and oxygen atoms in total. The minimum absolute atomic E-state index is 0.0949. The number of nitro benzene ring substituents is 1. The predicted molar refractivity (Wildman–Crippen MR) is 99.3 cm³/mol. The molecule has 2 aromatic carbocycles. The maximum absolute atomic E-state index is 12.4. The molecule has 0 atom stereocenters. The van der Waals surface area contributed by atoms with Crippen LogP contribution in [0.5, 0.6) is 0 Å². The van der Waals surface area contributed by atoms with Crippen molar-refractivity contribution in [2.75, 3.05) is 6.61 Å². The first-order valence-corrected chi connectivity index (χ1v) is 8.29. The Labute approximate surface area is 154 Å². The zero-order valence-corrected chi connectivity index (χ0v) is 14.6. The molecular weight excluding hydrogens is 356 g/mol. The minimum atomic E-state index is -0.544. The van der Waals surface area contributed by atoms with E-state index in [1.165, 1.54) is 6.07 Å². The Bertz CT molecular complexity index is 964. The van der Waals surface area contributed by atoms with Gasteiger partial charge in [0.2, 0.25) is 0 Å². The fourth-order valence-corrected chi connectivity index (χ4v) is 2.79. The summed E-state index contributed by atoms with van der Waals surface area (Å²) in [5, 5.41) is 12.0. The third kappa shape index (κ3) is 3.45. The van der Waals surface area contributed by atoms with Crippen molar-refractivity contribution in [3.63, 3.8) is 0 Å². The summed E-state index contributed by atoms with van der Waals surface area (Å²) in [4.78, 5) is 26.4. The van der Waals surface area contributed by atoms with E-state index in [-0.39, 0.29) is 17.9 Å². The van der Waals surface area contributed by atoms with Gasteiger partial charge in [-0.15, -0.1) is 0 Å². The number of carbonyl (C=O) groups is 1. The average molecular weight is 371 g/mol. The molecule has 132 valence electrons. The number of halogens is 1. The van der Waals surface area contributed by atoms with E-state index in [0.717, 1.165) is 5.56 Å². The van der Waals surface area contributed by atoms with Crippen LogP contribution in [0.15, 0.2) is 54.6 Å². The van der Waals surface area contributed by atoms with Crippen molar-refractivity contribution >= 4 is 23.3 Å². The Morgan fingerprint density at radius 1 is 1.19 bits per heavy atom. The summed E-state index contributed by atoms with van der Waals surface area (Å²) in [6, 6.07) is 14.9. The number of rotatable bonds is 5. The molecule has 0 aliphatic carbocycles. The Hall–Kier alpha value is -3.12. The first-order chi connectivity index (χ1) is 12.5. The average Bonchev–Trinajstić information content (AvgIpc) is 3.08. The second-order valence-electron chi connectivity index (χ2n) is 5.47. The molecule has 7 heteroatoms. The Kier molecular flexibility index (Phi) is 5.04. The van der Waals surface area contributed by atoms with E-state index in [4.69, 9.17) is 16.3 Å². The second-order valence-corrected chi connectivity index (χ2v) is 5.91. The van der Waals surface area contributed by atoms with Crippen molar-refractivity contribution in [1.29, 1.82) is 0 Å². The van der Waals surface area contributed by atoms with E-state index in [1.807, 2.05) is 0 Å². The number of para-hydroxylation sites is 1. The van der Waals surface area contributed by atoms with Crippen LogP contribution in [-0.4, -0.2) is 22.5 Å². The normalized spacial score (nSPS) is 10.5. The van der Waals surface area contributed by atoms with Crippen LogP contribution in [0.1, 0.15) is 17.3 Å². The van der Waals surface area contributed by atoms with Gasteiger partial charge >= 0.3 is 5.97 Å². The fourth-order valence-electron chi connectivity index (χ4n) is 2.67. The number of hydrogen-bond acceptors (Lipinski definition) is 4. The number of aromatic nitrogens is 1. The molecule has 26 heavy (non-hydrogen) atoms. The van der Waals surface area contributed by atoms with Crippen molar-refractivity contribution in [2.45, 2.75) is 6.92 Å². The third-order valence-electron chi connectivity index (χ3n) is 3.84. The zero-order chi connectivity index (χ0) is 18.7. The number of carbonyl (C=O) groups excluding carboxylic acids is 1. The summed E-state index contributed by atoms with van der Waals surface area (Å²) in [6.45, 7) is 1.91. The number of nitrogens with zero attached hydrogens (tertiary/aromatic N) is 1. The number of nitrogens with one attached hydrogen (secondary N) is 1. The van der Waals surface area contributed by atoms with Crippen LogP contribution in [0.2, 0.25) is 5.02 Å². The molecule has 0 amide bonds. The van der Waals surface area contributed by atoms with Gasteiger partial charge in [-0.2, -0.15) is 0 Å². The molecule has 0 spiro atoms. The summed E-state index contributed by atoms with van der Waals surface area (Å²) < 4.78 is 5.11. The number of ether oxygens (including phenoxy) is 1. The lowest BCUT2D eigenvalue weighted by Crippen LogP contribution is -2.05. The molecule has 0 saturated carbocycles. The molecule has 0 radical (unpaired) electrons. The molecule has 0 bridgehead atoms. The lowest BCUT2D eigenvalue weighted by atomic mass is 10.1.